The summed E-state index contributed by atoms with van der Waals surface area (Å²) in [5, 5.41) is 17.9. The Hall–Kier alpha value is -1.64. The molecule has 16 heavy (non-hydrogen) atoms. The van der Waals surface area contributed by atoms with Crippen molar-refractivity contribution in [3.05, 3.63) is 23.9 Å². The predicted octanol–water partition coefficient (Wildman–Crippen LogP) is 0.151. The van der Waals surface area contributed by atoms with E-state index in [9.17, 15) is 5.11 Å². The molecule has 1 aliphatic heterocycles. The highest BCUT2D eigenvalue weighted by atomic mass is 16.5. The maximum Gasteiger partial charge on any atom is 0.129 e. The fraction of sp³-hybridized carbons (Fsp3) is 0.455. The van der Waals surface area contributed by atoms with Crippen LogP contribution in [0.1, 0.15) is 5.56 Å². The van der Waals surface area contributed by atoms with Crippen LogP contribution in [0.2, 0.25) is 0 Å². The number of ether oxygens (including phenoxy) is 1. The van der Waals surface area contributed by atoms with Gasteiger partial charge in [0.25, 0.3) is 0 Å². The molecule has 84 valence electrons. The Morgan fingerprint density at radius 3 is 3.12 bits per heavy atom. The van der Waals surface area contributed by atoms with Gasteiger partial charge in [0, 0.05) is 12.7 Å². The molecule has 5 nitrogen and oxygen atoms in total. The smallest absolute Gasteiger partial charge is 0.129 e. The van der Waals surface area contributed by atoms with Crippen LogP contribution in [0.25, 0.3) is 0 Å². The normalized spacial score (nSPS) is 20.5. The number of aliphatic hydroxyl groups excluding tert-OH is 1. The number of nitrogens with zero attached hydrogens (tertiary/aromatic N) is 3. The molecule has 1 unspecified atom stereocenters. The van der Waals surface area contributed by atoms with E-state index in [0.29, 0.717) is 25.3 Å². The van der Waals surface area contributed by atoms with Crippen LogP contribution in [0.5, 0.6) is 0 Å². The molecular formula is C11H13N3O2. The van der Waals surface area contributed by atoms with Crippen molar-refractivity contribution >= 4 is 5.82 Å². The molecule has 0 saturated carbocycles. The van der Waals surface area contributed by atoms with Crippen molar-refractivity contribution in [3.8, 4) is 6.07 Å². The maximum absolute atomic E-state index is 9.22. The van der Waals surface area contributed by atoms with E-state index in [-0.39, 0.29) is 12.6 Å². The number of morpholine rings is 1. The molecule has 1 aromatic rings. The first-order valence-corrected chi connectivity index (χ1v) is 5.16. The van der Waals surface area contributed by atoms with E-state index in [1.54, 1.807) is 18.3 Å². The van der Waals surface area contributed by atoms with Gasteiger partial charge in [-0.25, -0.2) is 4.98 Å². The molecule has 1 fully saturated rings. The molecule has 1 aromatic heterocycles. The SMILES string of the molecule is N#Cc1ccc(N2CCOCC2CO)nc1. The Bertz CT molecular complexity index is 385. The number of rotatable bonds is 2. The lowest BCUT2D eigenvalue weighted by Gasteiger charge is -2.35. The van der Waals surface area contributed by atoms with Crippen LogP contribution < -0.4 is 4.90 Å². The van der Waals surface area contributed by atoms with E-state index >= 15 is 0 Å². The fourth-order valence-corrected chi connectivity index (χ4v) is 1.73. The van der Waals surface area contributed by atoms with Crippen LogP contribution in [-0.4, -0.2) is 42.5 Å². The van der Waals surface area contributed by atoms with E-state index in [1.165, 1.54) is 0 Å². The summed E-state index contributed by atoms with van der Waals surface area (Å²) >= 11 is 0. The fourth-order valence-electron chi connectivity index (χ4n) is 1.73. The molecule has 1 aliphatic rings. The van der Waals surface area contributed by atoms with E-state index in [2.05, 4.69) is 4.98 Å². The van der Waals surface area contributed by atoms with E-state index < -0.39 is 0 Å². The van der Waals surface area contributed by atoms with Gasteiger partial charge >= 0.3 is 0 Å². The minimum atomic E-state index is -0.0471. The predicted molar refractivity (Wildman–Crippen MR) is 58.0 cm³/mol. The minimum absolute atomic E-state index is 0.0433. The van der Waals surface area contributed by atoms with Crippen molar-refractivity contribution < 1.29 is 9.84 Å². The van der Waals surface area contributed by atoms with Gasteiger partial charge in [0.15, 0.2) is 0 Å². The summed E-state index contributed by atoms with van der Waals surface area (Å²) in [7, 11) is 0. The molecule has 1 N–H and O–H groups in total. The summed E-state index contributed by atoms with van der Waals surface area (Å²) in [4.78, 5) is 6.21. The van der Waals surface area contributed by atoms with Crippen molar-refractivity contribution in [2.24, 2.45) is 0 Å². The molecule has 0 aromatic carbocycles. The highest BCUT2D eigenvalue weighted by molar-refractivity contribution is 5.43. The number of aliphatic hydroxyl groups is 1. The number of pyridine rings is 1. The van der Waals surface area contributed by atoms with Crippen LogP contribution in [0.3, 0.4) is 0 Å². The van der Waals surface area contributed by atoms with Gasteiger partial charge in [0.2, 0.25) is 0 Å². The number of anilines is 1. The van der Waals surface area contributed by atoms with Gasteiger partial charge in [-0.15, -0.1) is 0 Å². The van der Waals surface area contributed by atoms with Crippen molar-refractivity contribution in [2.45, 2.75) is 6.04 Å². The van der Waals surface area contributed by atoms with Gasteiger partial charge in [-0.3, -0.25) is 0 Å². The zero-order valence-corrected chi connectivity index (χ0v) is 8.83. The quantitative estimate of drug-likeness (QED) is 0.766. The molecule has 1 saturated heterocycles. The standard InChI is InChI=1S/C11H13N3O2/c12-5-9-1-2-11(13-6-9)14-3-4-16-8-10(14)7-15/h1-2,6,10,15H,3-4,7-8H2. The molecule has 2 heterocycles. The largest absolute Gasteiger partial charge is 0.394 e. The minimum Gasteiger partial charge on any atom is -0.394 e. The lowest BCUT2D eigenvalue weighted by molar-refractivity contribution is 0.0723. The average Bonchev–Trinajstić information content (AvgIpc) is 2.39. The van der Waals surface area contributed by atoms with Crippen LogP contribution in [0.4, 0.5) is 5.82 Å². The number of nitriles is 1. The molecule has 0 spiro atoms. The van der Waals surface area contributed by atoms with Crippen molar-refractivity contribution in [1.82, 2.24) is 4.98 Å². The third-order valence-electron chi connectivity index (χ3n) is 2.61. The third-order valence-corrected chi connectivity index (χ3v) is 2.61. The van der Waals surface area contributed by atoms with Crippen LogP contribution in [0, 0.1) is 11.3 Å². The molecule has 1 atom stereocenters. The molecule has 0 aliphatic carbocycles. The molecule has 2 rings (SSSR count). The summed E-state index contributed by atoms with van der Waals surface area (Å²) in [5.41, 5.74) is 0.539. The second kappa shape index (κ2) is 4.92. The Morgan fingerprint density at radius 1 is 1.62 bits per heavy atom. The summed E-state index contributed by atoms with van der Waals surface area (Å²) in [6.45, 7) is 1.90. The highest BCUT2D eigenvalue weighted by Crippen LogP contribution is 2.17. The summed E-state index contributed by atoms with van der Waals surface area (Å²) < 4.78 is 5.29. The second-order valence-electron chi connectivity index (χ2n) is 3.62. The van der Waals surface area contributed by atoms with Crippen molar-refractivity contribution in [3.63, 3.8) is 0 Å². The Morgan fingerprint density at radius 2 is 2.50 bits per heavy atom. The molecule has 0 amide bonds. The van der Waals surface area contributed by atoms with Crippen LogP contribution in [-0.2, 0) is 4.74 Å². The van der Waals surface area contributed by atoms with Gasteiger partial charge in [0.05, 0.1) is 31.4 Å². The maximum atomic E-state index is 9.22. The molecular weight excluding hydrogens is 206 g/mol. The molecule has 0 radical (unpaired) electrons. The van der Waals surface area contributed by atoms with Gasteiger partial charge in [0.1, 0.15) is 11.9 Å². The zero-order chi connectivity index (χ0) is 11.4. The van der Waals surface area contributed by atoms with Gasteiger partial charge in [-0.05, 0) is 12.1 Å². The third kappa shape index (κ3) is 2.13. The van der Waals surface area contributed by atoms with Crippen molar-refractivity contribution in [1.29, 1.82) is 5.26 Å². The summed E-state index contributed by atoms with van der Waals surface area (Å²) in [6, 6.07) is 5.51. The topological polar surface area (TPSA) is 69.4 Å². The lowest BCUT2D eigenvalue weighted by Crippen LogP contribution is -2.48. The molecule has 5 heteroatoms. The Balaban J connectivity index is 2.18. The average molecular weight is 219 g/mol. The lowest BCUT2D eigenvalue weighted by atomic mass is 10.2. The monoisotopic (exact) mass is 219 g/mol. The highest BCUT2D eigenvalue weighted by Gasteiger charge is 2.23. The van der Waals surface area contributed by atoms with Gasteiger partial charge in [-0.2, -0.15) is 5.26 Å². The first-order chi connectivity index (χ1) is 7.85. The summed E-state index contributed by atoms with van der Waals surface area (Å²) in [5.74, 6) is 0.779. The van der Waals surface area contributed by atoms with E-state index in [1.807, 2.05) is 11.0 Å². The number of hydrogen-bond donors (Lipinski definition) is 1. The first-order valence-electron chi connectivity index (χ1n) is 5.16. The Kier molecular flexibility index (Phi) is 3.34. The van der Waals surface area contributed by atoms with E-state index in [4.69, 9.17) is 10.00 Å². The number of hydrogen-bond acceptors (Lipinski definition) is 5. The van der Waals surface area contributed by atoms with E-state index in [0.717, 1.165) is 5.82 Å². The second-order valence-corrected chi connectivity index (χ2v) is 3.62. The first kappa shape index (κ1) is 10.9. The Labute approximate surface area is 93.9 Å². The van der Waals surface area contributed by atoms with Gasteiger partial charge in [-0.1, -0.05) is 0 Å². The van der Waals surface area contributed by atoms with Gasteiger partial charge < -0.3 is 14.7 Å². The zero-order valence-electron chi connectivity index (χ0n) is 8.83. The number of aromatic nitrogens is 1. The molecule has 0 bridgehead atoms. The van der Waals surface area contributed by atoms with Crippen LogP contribution in [0.15, 0.2) is 18.3 Å². The van der Waals surface area contributed by atoms with Crippen molar-refractivity contribution in [2.75, 3.05) is 31.3 Å². The van der Waals surface area contributed by atoms with Crippen LogP contribution >= 0.6 is 0 Å². The summed E-state index contributed by atoms with van der Waals surface area (Å²) in [6.07, 6.45) is 1.54.